The normalized spacial score (nSPS) is 18.3. The van der Waals surface area contributed by atoms with Crippen molar-refractivity contribution in [3.8, 4) is 0 Å². The van der Waals surface area contributed by atoms with Crippen LogP contribution >= 0.6 is 0 Å². The minimum absolute atomic E-state index is 0.140. The first-order chi connectivity index (χ1) is 11.2. The Morgan fingerprint density at radius 3 is 2.65 bits per heavy atom. The van der Waals surface area contributed by atoms with Gasteiger partial charge in [-0.05, 0) is 56.0 Å². The predicted molar refractivity (Wildman–Crippen MR) is 91.1 cm³/mol. The molecule has 2 atom stereocenters. The van der Waals surface area contributed by atoms with Gasteiger partial charge in [0.25, 0.3) is 0 Å². The van der Waals surface area contributed by atoms with Gasteiger partial charge < -0.3 is 14.7 Å². The molecule has 1 aliphatic rings. The Hall–Kier alpha value is -0.970. The van der Waals surface area contributed by atoms with Crippen LogP contribution in [0.5, 0.6) is 0 Å². The Morgan fingerprint density at radius 1 is 1.26 bits per heavy atom. The predicted octanol–water partition coefficient (Wildman–Crippen LogP) is 3.70. The lowest BCUT2D eigenvalue weighted by atomic mass is 9.97. The van der Waals surface area contributed by atoms with E-state index in [9.17, 15) is 9.50 Å². The zero-order chi connectivity index (χ0) is 16.7. The van der Waals surface area contributed by atoms with Crippen molar-refractivity contribution in [3.05, 3.63) is 35.1 Å². The molecule has 0 radical (unpaired) electrons. The fourth-order valence-electron chi connectivity index (χ4n) is 3.38. The van der Waals surface area contributed by atoms with E-state index >= 15 is 0 Å². The van der Waals surface area contributed by atoms with Crippen molar-refractivity contribution < 1.29 is 14.2 Å². The van der Waals surface area contributed by atoms with E-state index in [0.29, 0.717) is 19.6 Å². The number of hydrogen-bond acceptors (Lipinski definition) is 3. The molecule has 3 nitrogen and oxygen atoms in total. The molecule has 0 spiro atoms. The van der Waals surface area contributed by atoms with E-state index in [1.807, 2.05) is 13.0 Å². The van der Waals surface area contributed by atoms with Gasteiger partial charge in [-0.25, -0.2) is 4.39 Å². The van der Waals surface area contributed by atoms with E-state index in [1.165, 1.54) is 18.9 Å². The fraction of sp³-hybridized carbons (Fsp3) is 0.684. The van der Waals surface area contributed by atoms with Crippen molar-refractivity contribution in [1.82, 2.24) is 4.90 Å². The van der Waals surface area contributed by atoms with Crippen LogP contribution in [0.3, 0.4) is 0 Å². The third kappa shape index (κ3) is 5.27. The number of ether oxygens (including phenoxy) is 1. The molecule has 1 aromatic rings. The van der Waals surface area contributed by atoms with E-state index in [1.54, 1.807) is 6.07 Å². The second-order valence-corrected chi connectivity index (χ2v) is 6.43. The van der Waals surface area contributed by atoms with E-state index in [4.69, 9.17) is 4.74 Å². The summed E-state index contributed by atoms with van der Waals surface area (Å²) in [5, 5.41) is 10.2. The van der Waals surface area contributed by atoms with Crippen molar-refractivity contribution in [3.63, 3.8) is 0 Å². The lowest BCUT2D eigenvalue weighted by Gasteiger charge is -2.24. The third-order valence-corrected chi connectivity index (χ3v) is 4.56. The van der Waals surface area contributed by atoms with Crippen LogP contribution in [0.4, 0.5) is 4.39 Å². The summed E-state index contributed by atoms with van der Waals surface area (Å²) < 4.78 is 20.0. The maximum atomic E-state index is 14.0. The minimum Gasteiger partial charge on any atom is -0.389 e. The molecular formula is C19H30FNO2. The summed E-state index contributed by atoms with van der Waals surface area (Å²) in [6.45, 7) is 7.18. The van der Waals surface area contributed by atoms with Gasteiger partial charge in [-0.15, -0.1) is 0 Å². The summed E-state index contributed by atoms with van der Waals surface area (Å²) in [5.41, 5.74) is 1.67. The largest absolute Gasteiger partial charge is 0.389 e. The van der Waals surface area contributed by atoms with Crippen LogP contribution in [-0.2, 0) is 11.2 Å². The number of hydrogen-bond donors (Lipinski definition) is 1. The van der Waals surface area contributed by atoms with Gasteiger partial charge in [-0.2, -0.15) is 0 Å². The van der Waals surface area contributed by atoms with Crippen LogP contribution in [-0.4, -0.2) is 42.4 Å². The molecule has 23 heavy (non-hydrogen) atoms. The maximum Gasteiger partial charge on any atom is 0.126 e. The molecule has 2 unspecified atom stereocenters. The lowest BCUT2D eigenvalue weighted by Crippen LogP contribution is -2.33. The topological polar surface area (TPSA) is 32.7 Å². The quantitative estimate of drug-likeness (QED) is 0.752. The molecule has 0 saturated carbocycles. The number of aliphatic hydroxyl groups excluding tert-OH is 1. The molecule has 2 rings (SSSR count). The third-order valence-electron chi connectivity index (χ3n) is 4.56. The van der Waals surface area contributed by atoms with Gasteiger partial charge in [-0.1, -0.05) is 32.4 Å². The Balaban J connectivity index is 1.96. The molecule has 1 aliphatic heterocycles. The van der Waals surface area contributed by atoms with E-state index < -0.39 is 6.10 Å². The summed E-state index contributed by atoms with van der Waals surface area (Å²) in [4.78, 5) is 2.28. The zero-order valence-electron chi connectivity index (χ0n) is 14.4. The van der Waals surface area contributed by atoms with Crippen molar-refractivity contribution >= 4 is 0 Å². The highest BCUT2D eigenvalue weighted by atomic mass is 19.1. The monoisotopic (exact) mass is 323 g/mol. The summed E-state index contributed by atoms with van der Waals surface area (Å²) in [6.07, 6.45) is 4.27. The van der Waals surface area contributed by atoms with E-state index in [0.717, 1.165) is 37.1 Å². The van der Waals surface area contributed by atoms with Crippen LogP contribution in [0.1, 0.15) is 56.8 Å². The van der Waals surface area contributed by atoms with Crippen molar-refractivity contribution in [1.29, 1.82) is 0 Å². The molecule has 0 aromatic heterocycles. The standard InChI is InChI=1S/C19H30FNO2/c1-3-8-19(17-9-7-10-18(20)16(17)4-2)23-14-15(22)13-21-11-5-6-12-21/h7,9-10,15,19,22H,3-6,8,11-14H2,1-2H3. The van der Waals surface area contributed by atoms with Gasteiger partial charge in [0.2, 0.25) is 0 Å². The first-order valence-electron chi connectivity index (χ1n) is 8.95. The number of rotatable bonds is 9. The van der Waals surface area contributed by atoms with Crippen LogP contribution in [0.15, 0.2) is 18.2 Å². The van der Waals surface area contributed by atoms with Gasteiger partial charge in [0.15, 0.2) is 0 Å². The summed E-state index contributed by atoms with van der Waals surface area (Å²) in [6, 6.07) is 5.21. The minimum atomic E-state index is -0.480. The Bertz CT molecular complexity index is 474. The molecule has 1 N–H and O–H groups in total. The van der Waals surface area contributed by atoms with Crippen molar-refractivity contribution in [2.75, 3.05) is 26.2 Å². The lowest BCUT2D eigenvalue weighted by molar-refractivity contribution is -0.0238. The Morgan fingerprint density at radius 2 is 2.00 bits per heavy atom. The molecular weight excluding hydrogens is 293 g/mol. The Kier molecular flexibility index (Phi) is 7.47. The first kappa shape index (κ1) is 18.4. The smallest absolute Gasteiger partial charge is 0.126 e. The second-order valence-electron chi connectivity index (χ2n) is 6.43. The number of halogens is 1. The van der Waals surface area contributed by atoms with Crippen LogP contribution in [0.2, 0.25) is 0 Å². The molecule has 0 amide bonds. The SMILES string of the molecule is CCCC(OCC(O)CN1CCCC1)c1cccc(F)c1CC. The van der Waals surface area contributed by atoms with E-state index in [2.05, 4.69) is 11.8 Å². The number of nitrogens with zero attached hydrogens (tertiary/aromatic N) is 1. The van der Waals surface area contributed by atoms with Crippen molar-refractivity contribution in [2.24, 2.45) is 0 Å². The molecule has 0 bridgehead atoms. The van der Waals surface area contributed by atoms with Crippen molar-refractivity contribution in [2.45, 2.75) is 58.2 Å². The average molecular weight is 323 g/mol. The van der Waals surface area contributed by atoms with E-state index in [-0.39, 0.29) is 11.9 Å². The molecule has 130 valence electrons. The zero-order valence-corrected chi connectivity index (χ0v) is 14.4. The maximum absolute atomic E-state index is 14.0. The molecule has 4 heteroatoms. The van der Waals surface area contributed by atoms with Gasteiger partial charge in [-0.3, -0.25) is 0 Å². The van der Waals surface area contributed by atoms with Crippen LogP contribution < -0.4 is 0 Å². The van der Waals surface area contributed by atoms with Gasteiger partial charge in [0, 0.05) is 6.54 Å². The Labute approximate surface area is 139 Å². The average Bonchev–Trinajstić information content (AvgIpc) is 3.04. The second kappa shape index (κ2) is 9.36. The summed E-state index contributed by atoms with van der Waals surface area (Å²) in [5.74, 6) is -0.160. The number of β-amino-alcohol motifs (C(OH)–C–C–N with tert-alkyl or cyclic N) is 1. The molecule has 1 heterocycles. The highest BCUT2D eigenvalue weighted by Crippen LogP contribution is 2.28. The first-order valence-corrected chi connectivity index (χ1v) is 8.95. The van der Waals surface area contributed by atoms with Gasteiger partial charge in [0.1, 0.15) is 5.82 Å². The molecule has 1 saturated heterocycles. The summed E-state index contributed by atoms with van der Waals surface area (Å²) in [7, 11) is 0. The van der Waals surface area contributed by atoms with Gasteiger partial charge >= 0.3 is 0 Å². The highest BCUT2D eigenvalue weighted by Gasteiger charge is 2.20. The number of benzene rings is 1. The molecule has 1 fully saturated rings. The molecule has 1 aromatic carbocycles. The van der Waals surface area contributed by atoms with Crippen LogP contribution in [0, 0.1) is 5.82 Å². The molecule has 0 aliphatic carbocycles. The summed E-state index contributed by atoms with van der Waals surface area (Å²) >= 11 is 0. The van der Waals surface area contributed by atoms with Crippen LogP contribution in [0.25, 0.3) is 0 Å². The fourth-order valence-corrected chi connectivity index (χ4v) is 3.38. The highest BCUT2D eigenvalue weighted by molar-refractivity contribution is 5.30. The number of likely N-dealkylation sites (tertiary alicyclic amines) is 1. The number of aliphatic hydroxyl groups is 1. The van der Waals surface area contributed by atoms with Gasteiger partial charge in [0.05, 0.1) is 18.8 Å².